The van der Waals surface area contributed by atoms with Crippen LogP contribution in [0.15, 0.2) is 36.7 Å². The highest BCUT2D eigenvalue weighted by Crippen LogP contribution is 2.28. The molecule has 3 amide bonds. The molecule has 0 spiro atoms. The lowest BCUT2D eigenvalue weighted by molar-refractivity contribution is -0.138. The first-order valence-corrected chi connectivity index (χ1v) is 16.7. The molecule has 0 bridgehead atoms. The molecule has 2 aromatic rings. The van der Waals surface area contributed by atoms with E-state index in [1.54, 1.807) is 6.20 Å². The number of carbonyl (C=O) groups excluding carboxylic acids is 3. The number of unbranched alkanes of at least 4 members (excludes halogenated alkanes) is 2. The highest BCUT2D eigenvalue weighted by molar-refractivity contribution is 5.92. The number of amides is 3. The summed E-state index contributed by atoms with van der Waals surface area (Å²) in [4.78, 5) is 55.1. The molecule has 7 N–H and O–H groups in total. The van der Waals surface area contributed by atoms with Gasteiger partial charge in [-0.05, 0) is 81.9 Å². The molecule has 1 saturated carbocycles. The average molecular weight is 641 g/mol. The summed E-state index contributed by atoms with van der Waals surface area (Å²) in [5, 5.41) is 27.6. The number of carboxylic acids is 1. The minimum Gasteiger partial charge on any atom is -0.481 e. The lowest BCUT2D eigenvalue weighted by Gasteiger charge is -2.31. The van der Waals surface area contributed by atoms with Crippen molar-refractivity contribution < 1.29 is 29.4 Å². The Morgan fingerprint density at radius 2 is 1.63 bits per heavy atom. The number of aryl methyl sites for hydroxylation is 3. The maximum Gasteiger partial charge on any atom is 0.305 e. The van der Waals surface area contributed by atoms with Crippen LogP contribution in [0, 0.1) is 12.8 Å². The number of nitrogens with one attached hydrogen (secondary N) is 3. The van der Waals surface area contributed by atoms with Crippen molar-refractivity contribution in [1.82, 2.24) is 25.5 Å². The molecule has 0 saturated heterocycles. The van der Waals surface area contributed by atoms with E-state index < -0.39 is 48.4 Å². The second-order valence-corrected chi connectivity index (χ2v) is 12.4. The molecular weight excluding hydrogens is 588 g/mol. The Morgan fingerprint density at radius 3 is 2.26 bits per heavy atom. The van der Waals surface area contributed by atoms with Gasteiger partial charge in [0.15, 0.2) is 0 Å². The third-order valence-electron chi connectivity index (χ3n) is 8.78. The lowest BCUT2D eigenvalue weighted by atomic mass is 9.82. The molecule has 46 heavy (non-hydrogen) atoms. The molecule has 3 rings (SSSR count). The number of imidazole rings is 1. The quantitative estimate of drug-likeness (QED) is 0.119. The third-order valence-corrected chi connectivity index (χ3v) is 8.78. The van der Waals surface area contributed by atoms with Gasteiger partial charge in [-0.2, -0.15) is 0 Å². The average Bonchev–Trinajstić information content (AvgIpc) is 3.46. The van der Waals surface area contributed by atoms with Crippen molar-refractivity contribution in [2.24, 2.45) is 11.7 Å². The number of rotatable bonds is 20. The Balaban J connectivity index is 1.52. The van der Waals surface area contributed by atoms with E-state index in [2.05, 4.69) is 25.5 Å². The van der Waals surface area contributed by atoms with Gasteiger partial charge in [0.2, 0.25) is 17.7 Å². The van der Waals surface area contributed by atoms with Crippen LogP contribution in [0.5, 0.6) is 0 Å². The van der Waals surface area contributed by atoms with E-state index in [-0.39, 0.29) is 18.8 Å². The molecular formula is C34H52N6O6. The van der Waals surface area contributed by atoms with E-state index in [9.17, 15) is 29.4 Å². The number of aromatic nitrogens is 2. The summed E-state index contributed by atoms with van der Waals surface area (Å²) in [7, 11) is 0. The Labute approximate surface area is 271 Å². The van der Waals surface area contributed by atoms with E-state index in [4.69, 9.17) is 5.73 Å². The molecule has 1 fully saturated rings. The number of aliphatic carboxylic acids is 1. The first-order valence-electron chi connectivity index (χ1n) is 16.7. The second-order valence-electron chi connectivity index (χ2n) is 12.4. The van der Waals surface area contributed by atoms with Gasteiger partial charge in [0, 0.05) is 25.0 Å². The summed E-state index contributed by atoms with van der Waals surface area (Å²) in [6, 6.07) is 5.03. The smallest absolute Gasteiger partial charge is 0.305 e. The second kappa shape index (κ2) is 19.7. The Kier molecular flexibility index (Phi) is 15.7. The summed E-state index contributed by atoms with van der Waals surface area (Å²) in [5.41, 5.74) is 7.58. The van der Waals surface area contributed by atoms with Crippen molar-refractivity contribution in [1.29, 1.82) is 0 Å². The van der Waals surface area contributed by atoms with Crippen LogP contribution in [0.1, 0.15) is 87.6 Å². The lowest BCUT2D eigenvalue weighted by Crippen LogP contribution is -2.56. The van der Waals surface area contributed by atoms with Gasteiger partial charge in [-0.3, -0.25) is 19.2 Å². The molecule has 0 radical (unpaired) electrons. The van der Waals surface area contributed by atoms with Crippen molar-refractivity contribution in [3.05, 3.63) is 53.6 Å². The van der Waals surface area contributed by atoms with Gasteiger partial charge in [-0.25, -0.2) is 4.98 Å². The van der Waals surface area contributed by atoms with Crippen molar-refractivity contribution in [3.8, 4) is 0 Å². The van der Waals surface area contributed by atoms with E-state index in [1.807, 2.05) is 37.4 Å². The molecule has 1 aromatic heterocycles. The summed E-state index contributed by atoms with van der Waals surface area (Å²) in [6.07, 6.45) is 12.9. The van der Waals surface area contributed by atoms with Crippen LogP contribution >= 0.6 is 0 Å². The first kappa shape index (κ1) is 36.7. The van der Waals surface area contributed by atoms with E-state index in [0.29, 0.717) is 25.8 Å². The molecule has 3 atom stereocenters. The SMILES string of the molecule is Cc1nccn1CCCCc1ccc(CC(=O)NC(CO)C(=O)NC(CCCCN)C(=O)NC(CC(=O)O)C2CCCCC2)cc1. The molecule has 1 aliphatic carbocycles. The summed E-state index contributed by atoms with van der Waals surface area (Å²) < 4.78 is 2.13. The fourth-order valence-corrected chi connectivity index (χ4v) is 6.08. The Bertz CT molecular complexity index is 1240. The number of benzene rings is 1. The monoisotopic (exact) mass is 640 g/mol. The number of carbonyl (C=O) groups is 4. The van der Waals surface area contributed by atoms with Crippen LogP contribution in [-0.2, 0) is 38.6 Å². The number of hydrogen-bond acceptors (Lipinski definition) is 7. The van der Waals surface area contributed by atoms with Crippen LogP contribution < -0.4 is 21.7 Å². The van der Waals surface area contributed by atoms with Crippen LogP contribution in [0.3, 0.4) is 0 Å². The molecule has 1 aliphatic rings. The van der Waals surface area contributed by atoms with Gasteiger partial charge in [-0.1, -0.05) is 43.5 Å². The number of aliphatic hydroxyl groups excluding tert-OH is 1. The third kappa shape index (κ3) is 12.6. The summed E-state index contributed by atoms with van der Waals surface area (Å²) >= 11 is 0. The predicted octanol–water partition coefficient (Wildman–Crippen LogP) is 2.39. The molecule has 1 heterocycles. The fourth-order valence-electron chi connectivity index (χ4n) is 6.08. The minimum atomic E-state index is -1.25. The van der Waals surface area contributed by atoms with Gasteiger partial charge >= 0.3 is 5.97 Å². The first-order chi connectivity index (χ1) is 22.2. The predicted molar refractivity (Wildman–Crippen MR) is 175 cm³/mol. The van der Waals surface area contributed by atoms with E-state index in [0.717, 1.165) is 69.3 Å². The number of carboxylic acid groups (broad SMARTS) is 1. The molecule has 12 heteroatoms. The minimum absolute atomic E-state index is 0.0304. The van der Waals surface area contributed by atoms with Gasteiger partial charge in [0.25, 0.3) is 0 Å². The van der Waals surface area contributed by atoms with Crippen LogP contribution in [0.25, 0.3) is 0 Å². The largest absolute Gasteiger partial charge is 0.481 e. The van der Waals surface area contributed by atoms with E-state index >= 15 is 0 Å². The zero-order valence-electron chi connectivity index (χ0n) is 27.1. The highest BCUT2D eigenvalue weighted by Gasteiger charge is 2.31. The van der Waals surface area contributed by atoms with Gasteiger partial charge in [-0.15, -0.1) is 0 Å². The molecule has 3 unspecified atom stereocenters. The maximum absolute atomic E-state index is 13.4. The number of nitrogens with two attached hydrogens (primary N) is 1. The highest BCUT2D eigenvalue weighted by atomic mass is 16.4. The number of nitrogens with zero attached hydrogens (tertiary/aromatic N) is 2. The van der Waals surface area contributed by atoms with Crippen molar-refractivity contribution >= 4 is 23.7 Å². The Morgan fingerprint density at radius 1 is 0.935 bits per heavy atom. The fraction of sp³-hybridized carbons (Fsp3) is 0.618. The molecule has 254 valence electrons. The van der Waals surface area contributed by atoms with Gasteiger partial charge in [0.05, 0.1) is 19.4 Å². The van der Waals surface area contributed by atoms with Crippen molar-refractivity contribution in [2.75, 3.05) is 13.2 Å². The molecule has 1 aromatic carbocycles. The molecule has 12 nitrogen and oxygen atoms in total. The topological polar surface area (TPSA) is 189 Å². The van der Waals surface area contributed by atoms with Crippen LogP contribution in [-0.4, -0.2) is 74.7 Å². The standard InChI is InChI=1S/C34H52N6O6/c1-24-36-18-20-40(24)19-8-6-9-25-13-15-26(16-14-25)21-31(42)37-30(23-41)34(46)38-28(12-5-7-17-35)33(45)39-29(22-32(43)44)27-10-3-2-4-11-27/h13-16,18,20,27-30,41H,2-12,17,19,21-23,35H2,1H3,(H,37,42)(H,38,46)(H,39,45)(H,43,44). The normalized spacial score (nSPS) is 15.5. The van der Waals surface area contributed by atoms with Crippen molar-refractivity contribution in [2.45, 2.75) is 115 Å². The maximum atomic E-state index is 13.4. The van der Waals surface area contributed by atoms with E-state index in [1.165, 1.54) is 5.56 Å². The summed E-state index contributed by atoms with van der Waals surface area (Å²) in [6.45, 7) is 2.70. The zero-order valence-corrected chi connectivity index (χ0v) is 27.1. The number of hydrogen-bond donors (Lipinski definition) is 6. The zero-order chi connectivity index (χ0) is 33.3. The van der Waals surface area contributed by atoms with Crippen LogP contribution in [0.4, 0.5) is 0 Å². The number of aliphatic hydroxyl groups is 1. The van der Waals surface area contributed by atoms with Crippen molar-refractivity contribution in [3.63, 3.8) is 0 Å². The Hall–Kier alpha value is -3.77. The van der Waals surface area contributed by atoms with Gasteiger partial charge < -0.3 is 36.5 Å². The van der Waals surface area contributed by atoms with Gasteiger partial charge in [0.1, 0.15) is 17.9 Å². The summed E-state index contributed by atoms with van der Waals surface area (Å²) in [5.74, 6) is -1.51. The van der Waals surface area contributed by atoms with Crippen LogP contribution in [0.2, 0.25) is 0 Å². The molecule has 0 aliphatic heterocycles.